The molecule has 0 radical (unpaired) electrons. The second-order valence-corrected chi connectivity index (χ2v) is 8.86. The van der Waals surface area contributed by atoms with Crippen LogP contribution in [-0.4, -0.2) is 18.1 Å². The first-order valence-corrected chi connectivity index (χ1v) is 12.7. The van der Waals surface area contributed by atoms with Gasteiger partial charge in [0.05, 0.1) is 6.21 Å². The van der Waals surface area contributed by atoms with Crippen molar-refractivity contribution in [2.24, 2.45) is 10.2 Å². The van der Waals surface area contributed by atoms with Gasteiger partial charge in [0.2, 0.25) is 0 Å². The maximum Gasteiger partial charge on any atom is 0.104 e. The van der Waals surface area contributed by atoms with Gasteiger partial charge in [-0.05, 0) is 36.0 Å². The van der Waals surface area contributed by atoms with Crippen molar-refractivity contribution in [1.29, 1.82) is 0 Å². The Hall–Kier alpha value is -3.07. The Labute approximate surface area is 204 Å². The van der Waals surface area contributed by atoms with E-state index >= 15 is 0 Å². The minimum atomic E-state index is -0.782. The van der Waals surface area contributed by atoms with Gasteiger partial charge in [0, 0.05) is 17.5 Å². The van der Waals surface area contributed by atoms with Gasteiger partial charge in [-0.3, -0.25) is 0 Å². The average molecular weight is 457 g/mol. The summed E-state index contributed by atoms with van der Waals surface area (Å²) in [5, 5.41) is 9.13. The molecule has 1 unspecified atom stereocenters. The second-order valence-electron chi connectivity index (χ2n) is 8.86. The number of hydrogen-bond acceptors (Lipinski definition) is 2. The lowest BCUT2D eigenvalue weighted by Crippen LogP contribution is -2.06. The van der Waals surface area contributed by atoms with E-state index in [0.717, 1.165) is 47.2 Å². The highest BCUT2D eigenvalue weighted by atomic mass is 19.1. The Morgan fingerprint density at radius 2 is 1.47 bits per heavy atom. The van der Waals surface area contributed by atoms with Crippen LogP contribution in [0.25, 0.3) is 0 Å². The molecule has 0 aliphatic rings. The third-order valence-electron chi connectivity index (χ3n) is 6.06. The van der Waals surface area contributed by atoms with Gasteiger partial charge in [0.1, 0.15) is 11.9 Å². The molecular formula is C31H37FN2. The SMILES string of the molecule is CCCCCc1ccccc1C=NN=C(c1ccccc1)c1ccc(CC(F)CCCC)cc1. The highest BCUT2D eigenvalue weighted by Gasteiger charge is 2.10. The van der Waals surface area contributed by atoms with Crippen molar-refractivity contribution in [3.63, 3.8) is 0 Å². The summed E-state index contributed by atoms with van der Waals surface area (Å²) in [5.41, 5.74) is 6.25. The maximum absolute atomic E-state index is 14.2. The highest BCUT2D eigenvalue weighted by Crippen LogP contribution is 2.17. The third-order valence-corrected chi connectivity index (χ3v) is 6.06. The molecule has 0 heterocycles. The standard InChI is InChI=1S/C31H37FN2/c1-3-5-8-13-26-14-11-12-17-29(26)24-33-34-31(27-15-9-7-10-16-27)28-21-19-25(20-22-28)23-30(32)18-6-4-2/h7,9-12,14-17,19-22,24,30H,3-6,8,13,18,23H2,1-2H3. The summed E-state index contributed by atoms with van der Waals surface area (Å²) in [5.74, 6) is 0. The summed E-state index contributed by atoms with van der Waals surface area (Å²) in [6, 6.07) is 26.6. The van der Waals surface area contributed by atoms with Crippen molar-refractivity contribution in [3.05, 3.63) is 107 Å². The van der Waals surface area contributed by atoms with Crippen LogP contribution in [0.15, 0.2) is 89.1 Å². The number of benzene rings is 3. The Bertz CT molecular complexity index is 1040. The van der Waals surface area contributed by atoms with E-state index in [2.05, 4.69) is 42.2 Å². The molecule has 1 atom stereocenters. The van der Waals surface area contributed by atoms with Gasteiger partial charge in [-0.25, -0.2) is 4.39 Å². The summed E-state index contributed by atoms with van der Waals surface area (Å²) in [6.07, 6.45) is 8.82. The van der Waals surface area contributed by atoms with Crippen LogP contribution < -0.4 is 0 Å². The lowest BCUT2D eigenvalue weighted by molar-refractivity contribution is 0.305. The lowest BCUT2D eigenvalue weighted by atomic mass is 9.99. The number of alkyl halides is 1. The van der Waals surface area contributed by atoms with E-state index < -0.39 is 6.17 Å². The van der Waals surface area contributed by atoms with Crippen LogP contribution in [0.4, 0.5) is 4.39 Å². The first-order valence-electron chi connectivity index (χ1n) is 12.7. The lowest BCUT2D eigenvalue weighted by Gasteiger charge is -2.10. The van der Waals surface area contributed by atoms with Crippen LogP contribution in [0, 0.1) is 0 Å². The number of rotatable bonds is 13. The van der Waals surface area contributed by atoms with Crippen LogP contribution in [-0.2, 0) is 12.8 Å². The van der Waals surface area contributed by atoms with Crippen LogP contribution >= 0.6 is 0 Å². The van der Waals surface area contributed by atoms with Gasteiger partial charge in [-0.1, -0.05) is 118 Å². The molecule has 3 heteroatoms. The molecule has 0 N–H and O–H groups in total. The van der Waals surface area contributed by atoms with Crippen molar-refractivity contribution in [1.82, 2.24) is 0 Å². The zero-order valence-corrected chi connectivity index (χ0v) is 20.6. The molecule has 34 heavy (non-hydrogen) atoms. The predicted molar refractivity (Wildman–Crippen MR) is 144 cm³/mol. The average Bonchev–Trinajstić information content (AvgIpc) is 2.87. The van der Waals surface area contributed by atoms with Crippen molar-refractivity contribution in [2.45, 2.75) is 71.4 Å². The van der Waals surface area contributed by atoms with Crippen molar-refractivity contribution in [3.8, 4) is 0 Å². The molecule has 0 saturated heterocycles. The first kappa shape index (κ1) is 25.6. The summed E-state index contributed by atoms with van der Waals surface area (Å²) in [6.45, 7) is 4.32. The minimum Gasteiger partial charge on any atom is -0.247 e. The molecule has 3 aromatic carbocycles. The van der Waals surface area contributed by atoms with Gasteiger partial charge < -0.3 is 0 Å². The fourth-order valence-electron chi connectivity index (χ4n) is 4.06. The molecule has 0 fully saturated rings. The van der Waals surface area contributed by atoms with Crippen molar-refractivity contribution in [2.75, 3.05) is 0 Å². The van der Waals surface area contributed by atoms with Gasteiger partial charge in [-0.15, -0.1) is 5.10 Å². The van der Waals surface area contributed by atoms with E-state index in [0.29, 0.717) is 12.8 Å². The smallest absolute Gasteiger partial charge is 0.104 e. The summed E-state index contributed by atoms with van der Waals surface area (Å²) < 4.78 is 14.2. The normalized spacial score (nSPS) is 12.9. The molecule has 0 amide bonds. The molecule has 0 saturated carbocycles. The Morgan fingerprint density at radius 1 is 0.794 bits per heavy atom. The maximum atomic E-state index is 14.2. The minimum absolute atomic E-state index is 0.463. The predicted octanol–water partition coefficient (Wildman–Crippen LogP) is 8.36. The van der Waals surface area contributed by atoms with Gasteiger partial charge in [0.25, 0.3) is 0 Å². The molecule has 3 aromatic rings. The van der Waals surface area contributed by atoms with Gasteiger partial charge >= 0.3 is 0 Å². The monoisotopic (exact) mass is 456 g/mol. The first-order chi connectivity index (χ1) is 16.7. The second kappa shape index (κ2) is 14.2. The molecule has 0 aliphatic carbocycles. The number of hydrogen-bond donors (Lipinski definition) is 0. The molecule has 0 bridgehead atoms. The Kier molecular flexibility index (Phi) is 10.7. The van der Waals surface area contributed by atoms with E-state index in [1.54, 1.807) is 0 Å². The van der Waals surface area contributed by atoms with Crippen molar-refractivity contribution >= 4 is 11.9 Å². The van der Waals surface area contributed by atoms with Crippen LogP contribution in [0.2, 0.25) is 0 Å². The zero-order valence-electron chi connectivity index (χ0n) is 20.6. The molecule has 0 spiro atoms. The molecule has 178 valence electrons. The van der Waals surface area contributed by atoms with Gasteiger partial charge in [0.15, 0.2) is 0 Å². The van der Waals surface area contributed by atoms with Crippen LogP contribution in [0.1, 0.15) is 80.2 Å². The topological polar surface area (TPSA) is 24.7 Å². The van der Waals surface area contributed by atoms with E-state index in [4.69, 9.17) is 0 Å². The van der Waals surface area contributed by atoms with E-state index in [1.165, 1.54) is 24.8 Å². The van der Waals surface area contributed by atoms with Crippen molar-refractivity contribution < 1.29 is 4.39 Å². The van der Waals surface area contributed by atoms with Gasteiger partial charge in [-0.2, -0.15) is 5.10 Å². The van der Waals surface area contributed by atoms with E-state index in [-0.39, 0.29) is 0 Å². The van der Waals surface area contributed by atoms with Crippen LogP contribution in [0.3, 0.4) is 0 Å². The quantitative estimate of drug-likeness (QED) is 0.140. The fourth-order valence-corrected chi connectivity index (χ4v) is 4.06. The Morgan fingerprint density at radius 3 is 2.21 bits per heavy atom. The molecular weight excluding hydrogens is 419 g/mol. The Balaban J connectivity index is 1.81. The van der Waals surface area contributed by atoms with E-state index in [9.17, 15) is 4.39 Å². The molecule has 3 rings (SSSR count). The number of halogens is 1. The number of aryl methyl sites for hydroxylation is 1. The fraction of sp³-hybridized carbons (Fsp3) is 0.355. The van der Waals surface area contributed by atoms with Crippen LogP contribution in [0.5, 0.6) is 0 Å². The summed E-state index contributed by atoms with van der Waals surface area (Å²) >= 11 is 0. The number of nitrogens with zero attached hydrogens (tertiary/aromatic N) is 2. The largest absolute Gasteiger partial charge is 0.247 e. The third kappa shape index (κ3) is 8.06. The summed E-state index contributed by atoms with van der Waals surface area (Å²) in [4.78, 5) is 0. The highest BCUT2D eigenvalue weighted by molar-refractivity contribution is 6.13. The number of unbranched alkanes of at least 4 members (excludes halogenated alkanes) is 3. The molecule has 2 nitrogen and oxygen atoms in total. The molecule has 0 aliphatic heterocycles. The summed E-state index contributed by atoms with van der Waals surface area (Å²) in [7, 11) is 0. The molecule has 0 aromatic heterocycles. The zero-order chi connectivity index (χ0) is 24.0. The van der Waals surface area contributed by atoms with E-state index in [1.807, 2.05) is 66.9 Å².